The molecule has 2 fully saturated rings. The summed E-state index contributed by atoms with van der Waals surface area (Å²) in [5.41, 5.74) is -1.69. The van der Waals surface area contributed by atoms with Crippen molar-refractivity contribution in [1.82, 2.24) is 10.6 Å². The Morgan fingerprint density at radius 3 is 2.19 bits per heavy atom. The number of urea groups is 1. The van der Waals surface area contributed by atoms with Gasteiger partial charge in [-0.25, -0.2) is 9.59 Å². The SMILES string of the molecule is CC=C1CC2(OC1=O)C(=O)NC(=O)NC2=O. The van der Waals surface area contributed by atoms with E-state index in [9.17, 15) is 19.2 Å². The number of carbonyl (C=O) groups excluding carboxylic acids is 4. The molecule has 0 aliphatic carbocycles. The molecule has 0 atom stereocenters. The molecule has 16 heavy (non-hydrogen) atoms. The topological polar surface area (TPSA) is 102 Å². The summed E-state index contributed by atoms with van der Waals surface area (Å²) >= 11 is 0. The summed E-state index contributed by atoms with van der Waals surface area (Å²) in [6.07, 6.45) is 1.31. The third-order valence-corrected chi connectivity index (χ3v) is 2.50. The summed E-state index contributed by atoms with van der Waals surface area (Å²) in [6, 6.07) is -0.911. The number of carbonyl (C=O) groups is 4. The van der Waals surface area contributed by atoms with Gasteiger partial charge < -0.3 is 4.74 Å². The van der Waals surface area contributed by atoms with Gasteiger partial charge in [0.1, 0.15) is 0 Å². The molecule has 0 unspecified atom stereocenters. The van der Waals surface area contributed by atoms with Crippen molar-refractivity contribution in [3.63, 3.8) is 0 Å². The normalized spacial score (nSPS) is 25.7. The number of hydrogen-bond acceptors (Lipinski definition) is 5. The Bertz CT molecular complexity index is 431. The van der Waals surface area contributed by atoms with E-state index >= 15 is 0 Å². The van der Waals surface area contributed by atoms with Gasteiger partial charge >= 0.3 is 12.0 Å². The molecule has 2 aliphatic rings. The predicted octanol–water partition coefficient (Wildman–Crippen LogP) is -1.02. The lowest BCUT2D eigenvalue weighted by atomic mass is 9.94. The number of hydrogen-bond donors (Lipinski definition) is 2. The van der Waals surface area contributed by atoms with E-state index in [0.29, 0.717) is 0 Å². The maximum Gasteiger partial charge on any atom is 0.335 e. The second kappa shape index (κ2) is 3.16. The zero-order valence-electron chi connectivity index (χ0n) is 8.33. The lowest BCUT2D eigenvalue weighted by molar-refractivity contribution is -0.166. The van der Waals surface area contributed by atoms with Crippen molar-refractivity contribution in [3.8, 4) is 0 Å². The average molecular weight is 224 g/mol. The van der Waals surface area contributed by atoms with Crippen LogP contribution in [0.5, 0.6) is 0 Å². The van der Waals surface area contributed by atoms with Gasteiger partial charge in [0.05, 0.1) is 0 Å². The fourth-order valence-electron chi connectivity index (χ4n) is 1.62. The van der Waals surface area contributed by atoms with Gasteiger partial charge in [-0.2, -0.15) is 0 Å². The van der Waals surface area contributed by atoms with Crippen LogP contribution in [0.15, 0.2) is 11.6 Å². The standard InChI is InChI=1S/C9H8N2O5/c1-2-4-3-9(16-5(4)12)6(13)10-8(15)11-7(9)14/h2H,3H2,1H3,(H2,10,11,13,14,15). The molecule has 84 valence electrons. The minimum atomic E-state index is -1.92. The Labute approximate surface area is 89.8 Å². The Balaban J connectivity index is 2.40. The van der Waals surface area contributed by atoms with E-state index in [0.717, 1.165) is 0 Å². The number of barbiturate groups is 1. The van der Waals surface area contributed by atoms with E-state index in [2.05, 4.69) is 0 Å². The largest absolute Gasteiger partial charge is 0.435 e. The summed E-state index contributed by atoms with van der Waals surface area (Å²) in [7, 11) is 0. The molecule has 2 heterocycles. The molecule has 4 amide bonds. The van der Waals surface area contributed by atoms with Crippen LogP contribution in [0, 0.1) is 0 Å². The van der Waals surface area contributed by atoms with Crippen LogP contribution in [-0.4, -0.2) is 29.4 Å². The summed E-state index contributed by atoms with van der Waals surface area (Å²) in [5, 5.41) is 3.79. The lowest BCUT2D eigenvalue weighted by Gasteiger charge is -2.27. The van der Waals surface area contributed by atoms with Crippen LogP contribution in [0.4, 0.5) is 4.79 Å². The van der Waals surface area contributed by atoms with Gasteiger partial charge in [0.15, 0.2) is 0 Å². The molecule has 0 bridgehead atoms. The van der Waals surface area contributed by atoms with Gasteiger partial charge in [-0.3, -0.25) is 20.2 Å². The number of nitrogens with one attached hydrogen (secondary N) is 2. The molecule has 7 heteroatoms. The van der Waals surface area contributed by atoms with Crippen LogP contribution < -0.4 is 10.6 Å². The van der Waals surface area contributed by atoms with Crippen LogP contribution >= 0.6 is 0 Å². The van der Waals surface area contributed by atoms with Crippen molar-refractivity contribution in [3.05, 3.63) is 11.6 Å². The molecule has 0 aromatic rings. The molecule has 0 aromatic heterocycles. The first-order valence-corrected chi connectivity index (χ1v) is 4.55. The highest BCUT2D eigenvalue weighted by Crippen LogP contribution is 2.32. The van der Waals surface area contributed by atoms with E-state index in [1.807, 2.05) is 10.6 Å². The van der Waals surface area contributed by atoms with E-state index in [1.54, 1.807) is 6.92 Å². The Morgan fingerprint density at radius 1 is 1.19 bits per heavy atom. The third-order valence-electron chi connectivity index (χ3n) is 2.50. The molecule has 2 aliphatic heterocycles. The van der Waals surface area contributed by atoms with E-state index in [1.165, 1.54) is 6.08 Å². The van der Waals surface area contributed by atoms with Gasteiger partial charge in [-0.15, -0.1) is 0 Å². The smallest absolute Gasteiger partial charge is 0.335 e. The number of ether oxygens (including phenoxy) is 1. The van der Waals surface area contributed by atoms with Crippen molar-refractivity contribution < 1.29 is 23.9 Å². The fraction of sp³-hybridized carbons (Fsp3) is 0.333. The molecule has 2 rings (SSSR count). The molecule has 1 spiro atoms. The summed E-state index contributed by atoms with van der Waals surface area (Å²) in [5.74, 6) is -2.54. The molecule has 2 saturated heterocycles. The van der Waals surface area contributed by atoms with Gasteiger partial charge in [0, 0.05) is 12.0 Å². The van der Waals surface area contributed by atoms with Crippen molar-refractivity contribution in [1.29, 1.82) is 0 Å². The zero-order valence-corrected chi connectivity index (χ0v) is 8.33. The van der Waals surface area contributed by atoms with Gasteiger partial charge in [-0.1, -0.05) is 6.08 Å². The summed E-state index contributed by atoms with van der Waals surface area (Å²) < 4.78 is 4.78. The first-order valence-electron chi connectivity index (χ1n) is 4.55. The monoisotopic (exact) mass is 224 g/mol. The highest BCUT2D eigenvalue weighted by atomic mass is 16.6. The maximum absolute atomic E-state index is 11.5. The van der Waals surface area contributed by atoms with Gasteiger partial charge in [0.2, 0.25) is 0 Å². The Hall–Kier alpha value is -2.18. The van der Waals surface area contributed by atoms with E-state index < -0.39 is 29.4 Å². The highest BCUT2D eigenvalue weighted by molar-refractivity contribution is 6.24. The zero-order chi connectivity index (χ0) is 11.9. The Morgan fingerprint density at radius 2 is 1.75 bits per heavy atom. The van der Waals surface area contributed by atoms with Gasteiger partial charge in [-0.05, 0) is 6.92 Å². The molecule has 0 radical (unpaired) electrons. The molecular formula is C9H8N2O5. The van der Waals surface area contributed by atoms with Gasteiger partial charge in [0.25, 0.3) is 17.4 Å². The van der Waals surface area contributed by atoms with Crippen molar-refractivity contribution in [2.75, 3.05) is 0 Å². The molecule has 0 aromatic carbocycles. The molecule has 0 saturated carbocycles. The van der Waals surface area contributed by atoms with Crippen LogP contribution in [0.3, 0.4) is 0 Å². The van der Waals surface area contributed by atoms with Crippen LogP contribution in [0.2, 0.25) is 0 Å². The fourth-order valence-corrected chi connectivity index (χ4v) is 1.62. The minimum absolute atomic E-state index is 0.159. The van der Waals surface area contributed by atoms with E-state index in [-0.39, 0.29) is 12.0 Å². The highest BCUT2D eigenvalue weighted by Gasteiger charge is 2.58. The number of imide groups is 2. The minimum Gasteiger partial charge on any atom is -0.435 e. The number of rotatable bonds is 0. The first kappa shape index (κ1) is 10.3. The second-order valence-electron chi connectivity index (χ2n) is 3.44. The lowest BCUT2D eigenvalue weighted by Crippen LogP contribution is -2.66. The number of allylic oxidation sites excluding steroid dienone is 1. The Kier molecular flexibility index (Phi) is 2.04. The summed E-state index contributed by atoms with van der Waals surface area (Å²) in [4.78, 5) is 45.3. The van der Waals surface area contributed by atoms with Crippen molar-refractivity contribution in [2.45, 2.75) is 18.9 Å². The number of esters is 1. The summed E-state index contributed by atoms with van der Waals surface area (Å²) in [6.45, 7) is 1.60. The third kappa shape index (κ3) is 1.21. The quantitative estimate of drug-likeness (QED) is 0.311. The molecular weight excluding hydrogens is 216 g/mol. The number of amides is 4. The average Bonchev–Trinajstić information content (AvgIpc) is 2.54. The van der Waals surface area contributed by atoms with E-state index in [4.69, 9.17) is 4.74 Å². The second-order valence-corrected chi connectivity index (χ2v) is 3.44. The predicted molar refractivity (Wildman–Crippen MR) is 48.9 cm³/mol. The van der Waals surface area contributed by atoms with Crippen LogP contribution in [0.25, 0.3) is 0 Å². The van der Waals surface area contributed by atoms with Crippen molar-refractivity contribution >= 4 is 23.8 Å². The van der Waals surface area contributed by atoms with Crippen molar-refractivity contribution in [2.24, 2.45) is 0 Å². The molecule has 2 N–H and O–H groups in total. The first-order chi connectivity index (χ1) is 7.49. The van der Waals surface area contributed by atoms with Crippen LogP contribution in [-0.2, 0) is 19.1 Å². The maximum atomic E-state index is 11.5. The molecule has 7 nitrogen and oxygen atoms in total. The van der Waals surface area contributed by atoms with Crippen LogP contribution in [0.1, 0.15) is 13.3 Å².